The maximum atomic E-state index is 12.1. The number of piperidine rings is 1. The minimum absolute atomic E-state index is 0.330. The smallest absolute Gasteiger partial charge is 0.222 e. The first kappa shape index (κ1) is 21.7. The number of hydrogen-bond donors (Lipinski definition) is 0. The topological polar surface area (TPSA) is 50.6 Å². The number of benzene rings is 2. The molecule has 5 rings (SSSR count). The minimum Gasteiger partial charge on any atom is -0.497 e. The summed E-state index contributed by atoms with van der Waals surface area (Å²) < 4.78 is 7.45. The van der Waals surface area contributed by atoms with Crippen LogP contribution in [0.15, 0.2) is 60.8 Å². The fourth-order valence-corrected chi connectivity index (χ4v) is 5.15. The lowest BCUT2D eigenvalue weighted by Crippen LogP contribution is -2.41. The molecule has 2 aromatic carbocycles. The van der Waals surface area contributed by atoms with E-state index in [-0.39, 0.29) is 0 Å². The van der Waals surface area contributed by atoms with E-state index in [1.807, 2.05) is 35.0 Å². The van der Waals surface area contributed by atoms with Crippen LogP contribution in [0.1, 0.15) is 31.2 Å². The van der Waals surface area contributed by atoms with Gasteiger partial charge in [0.2, 0.25) is 5.91 Å². The van der Waals surface area contributed by atoms with Crippen LogP contribution >= 0.6 is 0 Å². The number of carbonyl (C=O) groups excluding carboxylic acids is 1. The fourth-order valence-electron chi connectivity index (χ4n) is 5.15. The summed E-state index contributed by atoms with van der Waals surface area (Å²) in [6.45, 7) is 4.79. The lowest BCUT2D eigenvalue weighted by atomic mass is 9.96. The Balaban J connectivity index is 1.39. The highest BCUT2D eigenvalue weighted by molar-refractivity contribution is 5.78. The zero-order valence-corrected chi connectivity index (χ0v) is 19.3. The van der Waals surface area contributed by atoms with Crippen molar-refractivity contribution in [3.8, 4) is 22.7 Å². The number of aromatic nitrogens is 2. The Kier molecular flexibility index (Phi) is 6.44. The second-order valence-corrected chi connectivity index (χ2v) is 9.20. The van der Waals surface area contributed by atoms with Crippen LogP contribution in [-0.2, 0) is 11.3 Å². The highest BCUT2D eigenvalue weighted by Gasteiger charge is 2.27. The third kappa shape index (κ3) is 4.96. The van der Waals surface area contributed by atoms with Crippen LogP contribution in [0.2, 0.25) is 0 Å². The number of hydrogen-bond acceptors (Lipinski definition) is 4. The van der Waals surface area contributed by atoms with Gasteiger partial charge in [0.1, 0.15) is 5.75 Å². The summed E-state index contributed by atoms with van der Waals surface area (Å²) in [5.74, 6) is 1.71. The van der Waals surface area contributed by atoms with Gasteiger partial charge in [-0.3, -0.25) is 9.69 Å². The largest absolute Gasteiger partial charge is 0.497 e. The zero-order chi connectivity index (χ0) is 22.6. The van der Waals surface area contributed by atoms with Crippen LogP contribution in [0.5, 0.6) is 5.75 Å². The van der Waals surface area contributed by atoms with Gasteiger partial charge in [-0.2, -0.15) is 5.10 Å². The lowest BCUT2D eigenvalue weighted by Gasteiger charge is -2.34. The molecule has 0 N–H and O–H groups in total. The van der Waals surface area contributed by atoms with E-state index in [0.29, 0.717) is 11.8 Å². The predicted octanol–water partition coefficient (Wildman–Crippen LogP) is 4.38. The van der Waals surface area contributed by atoms with Crippen molar-refractivity contribution in [2.45, 2.75) is 32.2 Å². The number of rotatable bonds is 7. The van der Waals surface area contributed by atoms with Crippen molar-refractivity contribution in [2.75, 3.05) is 33.3 Å². The first-order chi connectivity index (χ1) is 16.2. The molecule has 2 fully saturated rings. The van der Waals surface area contributed by atoms with Gasteiger partial charge in [-0.25, -0.2) is 4.68 Å². The maximum Gasteiger partial charge on any atom is 0.222 e. The number of likely N-dealkylation sites (tertiary alicyclic amines) is 2. The maximum absolute atomic E-state index is 12.1. The Labute approximate surface area is 195 Å². The molecule has 0 spiro atoms. The highest BCUT2D eigenvalue weighted by Crippen LogP contribution is 2.29. The minimum atomic E-state index is 0.330. The summed E-state index contributed by atoms with van der Waals surface area (Å²) in [5, 5.41) is 4.99. The highest BCUT2D eigenvalue weighted by atomic mass is 16.5. The van der Waals surface area contributed by atoms with Gasteiger partial charge in [0.25, 0.3) is 0 Å². The van der Waals surface area contributed by atoms with Crippen LogP contribution in [-0.4, -0.2) is 58.8 Å². The Morgan fingerprint density at radius 3 is 2.73 bits per heavy atom. The monoisotopic (exact) mass is 444 g/mol. The SMILES string of the molecule is COc1cccc(-c2nn(-c3ccccc3)cc2CN2CCCC(CN3CCCC3=O)C2)c1. The summed E-state index contributed by atoms with van der Waals surface area (Å²) in [6.07, 6.45) is 6.27. The van der Waals surface area contributed by atoms with Crippen molar-refractivity contribution in [2.24, 2.45) is 5.92 Å². The standard InChI is InChI=1S/C27H32N4O2/c1-33-25-12-5-9-22(16-25)27-23(20-31(28-27)24-10-3-2-4-11-24)19-29-14-6-8-21(17-29)18-30-15-7-13-26(30)32/h2-5,9-12,16,20-21H,6-8,13-15,17-19H2,1H3. The van der Waals surface area contributed by atoms with E-state index in [0.717, 1.165) is 68.3 Å². The molecule has 1 aromatic heterocycles. The normalized spacial score (nSPS) is 19.2. The summed E-state index contributed by atoms with van der Waals surface area (Å²) in [4.78, 5) is 16.7. The number of amides is 1. The molecule has 0 radical (unpaired) electrons. The molecule has 0 bridgehead atoms. The van der Waals surface area contributed by atoms with Crippen molar-refractivity contribution in [1.29, 1.82) is 0 Å². The fraction of sp³-hybridized carbons (Fsp3) is 0.407. The molecular formula is C27H32N4O2. The second-order valence-electron chi connectivity index (χ2n) is 9.20. The molecule has 0 saturated carbocycles. The average Bonchev–Trinajstić information content (AvgIpc) is 3.46. The third-order valence-corrected chi connectivity index (χ3v) is 6.80. The predicted molar refractivity (Wildman–Crippen MR) is 129 cm³/mol. The van der Waals surface area contributed by atoms with Crippen molar-refractivity contribution >= 4 is 5.91 Å². The molecule has 1 amide bonds. The van der Waals surface area contributed by atoms with Gasteiger partial charge in [0, 0.05) is 49.9 Å². The van der Waals surface area contributed by atoms with Gasteiger partial charge in [0.05, 0.1) is 18.5 Å². The van der Waals surface area contributed by atoms with E-state index >= 15 is 0 Å². The number of nitrogens with zero attached hydrogens (tertiary/aromatic N) is 4. The molecule has 2 aliphatic heterocycles. The van der Waals surface area contributed by atoms with Crippen molar-refractivity contribution < 1.29 is 9.53 Å². The Hall–Kier alpha value is -3.12. The van der Waals surface area contributed by atoms with E-state index in [1.165, 1.54) is 18.4 Å². The molecule has 1 atom stereocenters. The molecule has 0 aliphatic carbocycles. The first-order valence-corrected chi connectivity index (χ1v) is 12.0. The molecule has 33 heavy (non-hydrogen) atoms. The first-order valence-electron chi connectivity index (χ1n) is 12.0. The molecule has 6 heteroatoms. The Bertz CT molecular complexity index is 1090. The van der Waals surface area contributed by atoms with Gasteiger partial charge >= 0.3 is 0 Å². The van der Waals surface area contributed by atoms with Gasteiger partial charge in [0.15, 0.2) is 0 Å². The summed E-state index contributed by atoms with van der Waals surface area (Å²) >= 11 is 0. The van der Waals surface area contributed by atoms with Crippen LogP contribution in [0, 0.1) is 5.92 Å². The number of ether oxygens (including phenoxy) is 1. The average molecular weight is 445 g/mol. The summed E-state index contributed by atoms with van der Waals surface area (Å²) in [5.41, 5.74) is 4.33. The van der Waals surface area contributed by atoms with E-state index < -0.39 is 0 Å². The van der Waals surface area contributed by atoms with Gasteiger partial charge in [-0.05, 0) is 56.0 Å². The number of carbonyl (C=O) groups is 1. The molecule has 3 aromatic rings. The van der Waals surface area contributed by atoms with Crippen LogP contribution < -0.4 is 4.74 Å². The van der Waals surface area contributed by atoms with Gasteiger partial charge in [-0.15, -0.1) is 0 Å². The van der Waals surface area contributed by atoms with Crippen molar-refractivity contribution in [1.82, 2.24) is 19.6 Å². The molecule has 6 nitrogen and oxygen atoms in total. The van der Waals surface area contributed by atoms with E-state index in [1.54, 1.807) is 7.11 Å². The molecule has 1 unspecified atom stereocenters. The quantitative estimate of drug-likeness (QED) is 0.543. The van der Waals surface area contributed by atoms with Crippen LogP contribution in [0.3, 0.4) is 0 Å². The molecule has 3 heterocycles. The third-order valence-electron chi connectivity index (χ3n) is 6.80. The second kappa shape index (κ2) is 9.79. The van der Waals surface area contributed by atoms with E-state index in [9.17, 15) is 4.79 Å². The Morgan fingerprint density at radius 2 is 1.94 bits per heavy atom. The van der Waals surface area contributed by atoms with Crippen LogP contribution in [0.4, 0.5) is 0 Å². The molecule has 172 valence electrons. The van der Waals surface area contributed by atoms with Gasteiger partial charge in [-0.1, -0.05) is 30.3 Å². The molecule has 2 aliphatic rings. The molecule has 2 saturated heterocycles. The van der Waals surface area contributed by atoms with Crippen LogP contribution in [0.25, 0.3) is 16.9 Å². The summed E-state index contributed by atoms with van der Waals surface area (Å²) in [7, 11) is 1.70. The van der Waals surface area contributed by atoms with Crippen molar-refractivity contribution in [3.63, 3.8) is 0 Å². The van der Waals surface area contributed by atoms with Crippen molar-refractivity contribution in [3.05, 3.63) is 66.4 Å². The van der Waals surface area contributed by atoms with Gasteiger partial charge < -0.3 is 9.64 Å². The van der Waals surface area contributed by atoms with E-state index in [2.05, 4.69) is 40.3 Å². The lowest BCUT2D eigenvalue weighted by molar-refractivity contribution is -0.128. The number of para-hydroxylation sites is 1. The van der Waals surface area contributed by atoms with E-state index in [4.69, 9.17) is 9.84 Å². The molecular weight excluding hydrogens is 412 g/mol. The number of methoxy groups -OCH3 is 1. The zero-order valence-electron chi connectivity index (χ0n) is 19.3. The summed E-state index contributed by atoms with van der Waals surface area (Å²) in [6, 6.07) is 18.4. The Morgan fingerprint density at radius 1 is 1.06 bits per heavy atom.